The highest BCUT2D eigenvalue weighted by molar-refractivity contribution is 5.28. The molecule has 0 bridgehead atoms. The lowest BCUT2D eigenvalue weighted by molar-refractivity contribution is 0.237. The van der Waals surface area contributed by atoms with E-state index in [0.29, 0.717) is 6.04 Å². The zero-order chi connectivity index (χ0) is 14.1. The van der Waals surface area contributed by atoms with Crippen molar-refractivity contribution in [1.82, 2.24) is 10.2 Å². The Morgan fingerprint density at radius 2 is 2.05 bits per heavy atom. The Morgan fingerprint density at radius 3 is 2.74 bits per heavy atom. The molecule has 0 aliphatic rings. The Kier molecular flexibility index (Phi) is 7.53. The van der Waals surface area contributed by atoms with Crippen LogP contribution in [0.1, 0.15) is 32.8 Å². The fourth-order valence-electron chi connectivity index (χ4n) is 1.88. The van der Waals surface area contributed by atoms with Crippen LogP contribution in [0.3, 0.4) is 0 Å². The van der Waals surface area contributed by atoms with Gasteiger partial charge in [0.15, 0.2) is 0 Å². The first kappa shape index (κ1) is 16.0. The molecular weight excluding hydrogens is 236 g/mol. The second-order valence-electron chi connectivity index (χ2n) is 5.33. The number of hydrogen-bond donors (Lipinski definition) is 1. The maximum Gasteiger partial charge on any atom is 0.119 e. The van der Waals surface area contributed by atoms with E-state index in [2.05, 4.69) is 56.2 Å². The molecule has 1 N–H and O–H groups in total. The van der Waals surface area contributed by atoms with Crippen LogP contribution in [0.15, 0.2) is 24.3 Å². The van der Waals surface area contributed by atoms with E-state index in [-0.39, 0.29) is 0 Å². The SMILES string of the molecule is CCCN(C)CCOc1cccc(CNC(C)C)c1. The van der Waals surface area contributed by atoms with Crippen LogP contribution in [0.5, 0.6) is 5.75 Å². The van der Waals surface area contributed by atoms with E-state index in [1.54, 1.807) is 0 Å². The maximum atomic E-state index is 5.80. The third kappa shape index (κ3) is 7.19. The van der Waals surface area contributed by atoms with Crippen molar-refractivity contribution in [1.29, 1.82) is 0 Å². The lowest BCUT2D eigenvalue weighted by atomic mass is 10.2. The molecule has 1 aromatic rings. The fraction of sp³-hybridized carbons (Fsp3) is 0.625. The van der Waals surface area contributed by atoms with Crippen LogP contribution in [-0.4, -0.2) is 37.7 Å². The Morgan fingerprint density at radius 1 is 1.26 bits per heavy atom. The van der Waals surface area contributed by atoms with Crippen molar-refractivity contribution in [2.75, 3.05) is 26.7 Å². The minimum atomic E-state index is 0.507. The number of likely N-dealkylation sites (N-methyl/N-ethyl adjacent to an activating group) is 1. The van der Waals surface area contributed by atoms with Crippen molar-refractivity contribution < 1.29 is 4.74 Å². The highest BCUT2D eigenvalue weighted by Gasteiger charge is 2.00. The molecule has 0 heterocycles. The highest BCUT2D eigenvalue weighted by Crippen LogP contribution is 2.13. The van der Waals surface area contributed by atoms with Crippen molar-refractivity contribution in [3.8, 4) is 5.75 Å². The standard InChI is InChI=1S/C16H28N2O/c1-5-9-18(4)10-11-19-16-8-6-7-15(12-16)13-17-14(2)3/h6-8,12,14,17H,5,9-11,13H2,1-4H3. The van der Waals surface area contributed by atoms with Gasteiger partial charge in [0.25, 0.3) is 0 Å². The van der Waals surface area contributed by atoms with Crippen LogP contribution in [0, 0.1) is 0 Å². The second kappa shape index (κ2) is 8.94. The first-order chi connectivity index (χ1) is 9.11. The molecule has 0 aliphatic heterocycles. The van der Waals surface area contributed by atoms with Gasteiger partial charge in [0.1, 0.15) is 12.4 Å². The Bertz CT molecular complexity index is 352. The van der Waals surface area contributed by atoms with Gasteiger partial charge in [-0.15, -0.1) is 0 Å². The number of nitrogens with one attached hydrogen (secondary N) is 1. The van der Waals surface area contributed by atoms with E-state index in [0.717, 1.165) is 32.0 Å². The van der Waals surface area contributed by atoms with Gasteiger partial charge in [-0.3, -0.25) is 0 Å². The van der Waals surface area contributed by atoms with Gasteiger partial charge in [0, 0.05) is 19.1 Å². The Balaban J connectivity index is 2.35. The average molecular weight is 264 g/mol. The van der Waals surface area contributed by atoms with Crippen LogP contribution in [0.25, 0.3) is 0 Å². The van der Waals surface area contributed by atoms with E-state index in [1.807, 2.05) is 6.07 Å². The summed E-state index contributed by atoms with van der Waals surface area (Å²) >= 11 is 0. The normalized spacial score (nSPS) is 11.3. The van der Waals surface area contributed by atoms with Gasteiger partial charge in [0.05, 0.1) is 0 Å². The topological polar surface area (TPSA) is 24.5 Å². The van der Waals surface area contributed by atoms with Crippen molar-refractivity contribution in [3.63, 3.8) is 0 Å². The zero-order valence-corrected chi connectivity index (χ0v) is 12.8. The van der Waals surface area contributed by atoms with E-state index in [1.165, 1.54) is 12.0 Å². The largest absolute Gasteiger partial charge is 0.492 e. The second-order valence-corrected chi connectivity index (χ2v) is 5.33. The minimum Gasteiger partial charge on any atom is -0.492 e. The Hall–Kier alpha value is -1.06. The summed E-state index contributed by atoms with van der Waals surface area (Å²) in [5, 5.41) is 3.42. The van der Waals surface area contributed by atoms with E-state index >= 15 is 0 Å². The van der Waals surface area contributed by atoms with Crippen molar-refractivity contribution in [2.45, 2.75) is 39.8 Å². The molecule has 0 amide bonds. The van der Waals surface area contributed by atoms with Crippen LogP contribution in [0.4, 0.5) is 0 Å². The molecule has 0 atom stereocenters. The summed E-state index contributed by atoms with van der Waals surface area (Å²) in [7, 11) is 2.13. The summed E-state index contributed by atoms with van der Waals surface area (Å²) in [6.07, 6.45) is 1.19. The molecule has 19 heavy (non-hydrogen) atoms. The number of benzene rings is 1. The van der Waals surface area contributed by atoms with Gasteiger partial charge in [0.2, 0.25) is 0 Å². The molecule has 0 aromatic heterocycles. The van der Waals surface area contributed by atoms with Crippen LogP contribution >= 0.6 is 0 Å². The number of nitrogens with zero attached hydrogens (tertiary/aromatic N) is 1. The number of ether oxygens (including phenoxy) is 1. The van der Waals surface area contributed by atoms with Gasteiger partial charge in [-0.1, -0.05) is 32.9 Å². The van der Waals surface area contributed by atoms with E-state index in [9.17, 15) is 0 Å². The molecule has 0 saturated heterocycles. The summed E-state index contributed by atoms with van der Waals surface area (Å²) in [5.74, 6) is 0.966. The molecule has 0 aliphatic carbocycles. The highest BCUT2D eigenvalue weighted by atomic mass is 16.5. The monoisotopic (exact) mass is 264 g/mol. The minimum absolute atomic E-state index is 0.507. The van der Waals surface area contributed by atoms with E-state index < -0.39 is 0 Å². The van der Waals surface area contributed by atoms with Gasteiger partial charge < -0.3 is 15.0 Å². The first-order valence-corrected chi connectivity index (χ1v) is 7.25. The molecule has 0 fully saturated rings. The predicted molar refractivity (Wildman–Crippen MR) is 81.7 cm³/mol. The quantitative estimate of drug-likeness (QED) is 0.742. The van der Waals surface area contributed by atoms with Gasteiger partial charge in [-0.2, -0.15) is 0 Å². The van der Waals surface area contributed by atoms with Crippen LogP contribution in [-0.2, 0) is 6.54 Å². The molecular formula is C16H28N2O. The third-order valence-electron chi connectivity index (χ3n) is 2.96. The van der Waals surface area contributed by atoms with Gasteiger partial charge in [-0.25, -0.2) is 0 Å². The zero-order valence-electron chi connectivity index (χ0n) is 12.8. The maximum absolute atomic E-state index is 5.80. The summed E-state index contributed by atoms with van der Waals surface area (Å²) < 4.78 is 5.80. The molecule has 108 valence electrons. The molecule has 0 unspecified atom stereocenters. The molecule has 3 nitrogen and oxygen atoms in total. The summed E-state index contributed by atoms with van der Waals surface area (Å²) in [6.45, 7) is 10.3. The fourth-order valence-corrected chi connectivity index (χ4v) is 1.88. The molecule has 1 rings (SSSR count). The average Bonchev–Trinajstić information content (AvgIpc) is 2.37. The summed E-state index contributed by atoms with van der Waals surface area (Å²) in [5.41, 5.74) is 1.27. The molecule has 0 spiro atoms. The predicted octanol–water partition coefficient (Wildman–Crippen LogP) is 2.91. The molecule has 0 radical (unpaired) electrons. The Labute approximate surface area is 118 Å². The molecule has 0 saturated carbocycles. The van der Waals surface area contributed by atoms with Crippen molar-refractivity contribution >= 4 is 0 Å². The smallest absolute Gasteiger partial charge is 0.119 e. The van der Waals surface area contributed by atoms with Crippen molar-refractivity contribution in [2.24, 2.45) is 0 Å². The number of rotatable bonds is 9. The van der Waals surface area contributed by atoms with Gasteiger partial charge >= 0.3 is 0 Å². The van der Waals surface area contributed by atoms with Crippen LogP contribution in [0.2, 0.25) is 0 Å². The van der Waals surface area contributed by atoms with Crippen molar-refractivity contribution in [3.05, 3.63) is 29.8 Å². The molecule has 1 aromatic carbocycles. The summed E-state index contributed by atoms with van der Waals surface area (Å²) in [4.78, 5) is 2.30. The third-order valence-corrected chi connectivity index (χ3v) is 2.96. The molecule has 3 heteroatoms. The first-order valence-electron chi connectivity index (χ1n) is 7.25. The summed E-state index contributed by atoms with van der Waals surface area (Å²) in [6, 6.07) is 8.84. The van der Waals surface area contributed by atoms with Gasteiger partial charge in [-0.05, 0) is 37.7 Å². The van der Waals surface area contributed by atoms with Crippen LogP contribution < -0.4 is 10.1 Å². The van der Waals surface area contributed by atoms with E-state index in [4.69, 9.17) is 4.74 Å². The lowest BCUT2D eigenvalue weighted by Crippen LogP contribution is -2.25. The number of hydrogen-bond acceptors (Lipinski definition) is 3. The lowest BCUT2D eigenvalue weighted by Gasteiger charge is -2.16.